The maximum atomic E-state index is 15.1. The Morgan fingerprint density at radius 2 is 1.50 bits per heavy atom. The molecule has 3 aromatic rings. The van der Waals surface area contributed by atoms with Crippen molar-refractivity contribution in [2.45, 2.75) is 50.6 Å². The number of urea groups is 1. The molecule has 0 saturated carbocycles. The Labute approximate surface area is 307 Å². The van der Waals surface area contributed by atoms with Gasteiger partial charge in [-0.05, 0) is 68.5 Å². The van der Waals surface area contributed by atoms with E-state index in [9.17, 15) is 4.21 Å². The van der Waals surface area contributed by atoms with Gasteiger partial charge in [0, 0.05) is 60.8 Å². The molecule has 12 heteroatoms. The molecule has 260 valence electrons. The number of hydrogen-bond donors (Lipinski definition) is 0. The maximum absolute atomic E-state index is 15.1. The van der Waals surface area contributed by atoms with Crippen LogP contribution in [0.5, 0.6) is 5.75 Å². The van der Waals surface area contributed by atoms with E-state index in [2.05, 4.69) is 11.2 Å². The Morgan fingerprint density at radius 1 is 0.938 bits per heavy atom. The summed E-state index contributed by atoms with van der Waals surface area (Å²) in [7, 11) is -1.40. The molecule has 3 aromatic carbocycles. The number of thioether (sulfide) groups is 1. The first-order valence-corrected chi connectivity index (χ1v) is 20.3. The van der Waals surface area contributed by atoms with Gasteiger partial charge in [0.15, 0.2) is 0 Å². The molecule has 3 unspecified atom stereocenters. The number of carbonyl (C=O) groups excluding carboxylic acids is 1. The number of amidine groups is 1. The number of aliphatic imine (C=N–C) groups is 1. The predicted molar refractivity (Wildman–Crippen MR) is 204 cm³/mol. The van der Waals surface area contributed by atoms with Crippen molar-refractivity contribution in [3.05, 3.63) is 92.4 Å². The summed E-state index contributed by atoms with van der Waals surface area (Å²) >= 11 is 21.2. The molecular weight excluding hydrogens is 707 g/mol. The van der Waals surface area contributed by atoms with Gasteiger partial charge in [-0.3, -0.25) is 19.0 Å². The van der Waals surface area contributed by atoms with Crippen molar-refractivity contribution in [2.24, 2.45) is 4.99 Å². The van der Waals surface area contributed by atoms with Crippen molar-refractivity contribution < 1.29 is 13.7 Å². The zero-order valence-corrected chi connectivity index (χ0v) is 32.6. The van der Waals surface area contributed by atoms with Crippen LogP contribution in [0, 0.1) is 0 Å². The lowest BCUT2D eigenvalue weighted by atomic mass is 9.71. The molecule has 7 nitrogen and oxygen atoms in total. The molecule has 1 fully saturated rings. The van der Waals surface area contributed by atoms with Gasteiger partial charge in [-0.15, -0.1) is 0 Å². The molecule has 2 heterocycles. The van der Waals surface area contributed by atoms with Crippen LogP contribution in [-0.4, -0.2) is 88.4 Å². The van der Waals surface area contributed by atoms with Crippen LogP contribution in [0.15, 0.2) is 70.6 Å². The number of carbonyl (C=O) groups is 1. The summed E-state index contributed by atoms with van der Waals surface area (Å²) in [6.45, 7) is 14.0. The third-order valence-electron chi connectivity index (χ3n) is 9.08. The third kappa shape index (κ3) is 7.57. The molecule has 0 aromatic heterocycles. The van der Waals surface area contributed by atoms with Crippen LogP contribution in [0.2, 0.25) is 15.1 Å². The molecule has 0 spiro atoms. The summed E-state index contributed by atoms with van der Waals surface area (Å²) in [6, 6.07) is 18.4. The highest BCUT2D eigenvalue weighted by molar-refractivity contribution is 7.98. The second kappa shape index (κ2) is 16.6. The van der Waals surface area contributed by atoms with Gasteiger partial charge in [-0.2, -0.15) is 11.8 Å². The standard InChI is InChI=1S/C34H39Cl3N4O3S2.C2H6/c1-6-44-29-22-28(37)30(46(5)43)21-27(29)31-38-33(2,23-7-11-25(35)12-8-23)34(3,24-9-13-26(36)14-10-24)41(31)32(42)40-17-15-39(16-18-40)19-20-45-4;1-2/h7-14,21-22H,6,15-20H2,1-5H3;1-2H3. The van der Waals surface area contributed by atoms with Crippen molar-refractivity contribution in [2.75, 3.05) is 57.6 Å². The van der Waals surface area contributed by atoms with E-state index in [4.69, 9.17) is 44.5 Å². The third-order valence-corrected chi connectivity index (χ3v) is 11.6. The molecule has 2 amide bonds. The highest BCUT2D eigenvalue weighted by atomic mass is 35.5. The molecule has 48 heavy (non-hydrogen) atoms. The van der Waals surface area contributed by atoms with Gasteiger partial charge in [-0.25, -0.2) is 4.79 Å². The monoisotopic (exact) mass is 750 g/mol. The fraction of sp³-hybridized carbons (Fsp3) is 0.444. The van der Waals surface area contributed by atoms with Crippen LogP contribution in [-0.2, 0) is 21.9 Å². The van der Waals surface area contributed by atoms with Crippen molar-refractivity contribution in [1.29, 1.82) is 0 Å². The first-order chi connectivity index (χ1) is 22.9. The maximum Gasteiger partial charge on any atom is 0.326 e. The smallest absolute Gasteiger partial charge is 0.326 e. The lowest BCUT2D eigenvalue weighted by Crippen LogP contribution is -2.60. The van der Waals surface area contributed by atoms with E-state index in [1.54, 1.807) is 23.3 Å². The number of benzene rings is 3. The van der Waals surface area contributed by atoms with Gasteiger partial charge in [0.1, 0.15) is 22.7 Å². The van der Waals surface area contributed by atoms with Crippen LogP contribution >= 0.6 is 46.6 Å². The largest absolute Gasteiger partial charge is 0.493 e. The number of hydrogen-bond acceptors (Lipinski definition) is 6. The van der Waals surface area contributed by atoms with E-state index >= 15 is 4.79 Å². The molecule has 0 radical (unpaired) electrons. The van der Waals surface area contributed by atoms with E-state index in [0.717, 1.165) is 36.5 Å². The SMILES string of the molecule is CC.CCOc1cc(Cl)c(S(C)=O)cc1C1=NC(C)(c2ccc(Cl)cc2)C(C)(c2ccc(Cl)cc2)N1C(=O)N1CCN(CCSC)CC1. The Kier molecular flexibility index (Phi) is 13.3. The second-order valence-electron chi connectivity index (χ2n) is 11.7. The van der Waals surface area contributed by atoms with Gasteiger partial charge in [-0.1, -0.05) is 72.9 Å². The molecule has 2 aliphatic rings. The fourth-order valence-electron chi connectivity index (χ4n) is 6.30. The number of ether oxygens (including phenoxy) is 1. The van der Waals surface area contributed by atoms with E-state index < -0.39 is 21.9 Å². The van der Waals surface area contributed by atoms with E-state index in [1.807, 2.05) is 99.8 Å². The Bertz CT molecular complexity index is 1630. The first kappa shape index (κ1) is 38.5. The summed E-state index contributed by atoms with van der Waals surface area (Å²) in [4.78, 5) is 27.1. The predicted octanol–water partition coefficient (Wildman–Crippen LogP) is 8.80. The number of nitrogens with zero attached hydrogens (tertiary/aromatic N) is 4. The Balaban J connectivity index is 0.00000255. The molecule has 0 N–H and O–H groups in total. The molecule has 0 bridgehead atoms. The average molecular weight is 752 g/mol. The summed E-state index contributed by atoms with van der Waals surface area (Å²) in [6.07, 6.45) is 3.69. The molecule has 0 aliphatic carbocycles. The summed E-state index contributed by atoms with van der Waals surface area (Å²) < 4.78 is 19.0. The van der Waals surface area contributed by atoms with Gasteiger partial charge >= 0.3 is 6.03 Å². The van der Waals surface area contributed by atoms with E-state index in [-0.39, 0.29) is 6.03 Å². The van der Waals surface area contributed by atoms with Gasteiger partial charge < -0.3 is 9.64 Å². The highest BCUT2D eigenvalue weighted by Crippen LogP contribution is 2.54. The van der Waals surface area contributed by atoms with Crippen molar-refractivity contribution >= 4 is 69.2 Å². The van der Waals surface area contributed by atoms with Gasteiger partial charge in [0.25, 0.3) is 0 Å². The lowest BCUT2D eigenvalue weighted by Gasteiger charge is -2.47. The molecule has 5 rings (SSSR count). The van der Waals surface area contributed by atoms with Crippen molar-refractivity contribution in [3.8, 4) is 5.75 Å². The van der Waals surface area contributed by atoms with Crippen LogP contribution in [0.1, 0.15) is 51.3 Å². The highest BCUT2D eigenvalue weighted by Gasteiger charge is 2.60. The van der Waals surface area contributed by atoms with Gasteiger partial charge in [0.2, 0.25) is 0 Å². The van der Waals surface area contributed by atoms with Gasteiger partial charge in [0.05, 0.1) is 32.9 Å². The average Bonchev–Trinajstić information content (AvgIpc) is 3.33. The second-order valence-corrected chi connectivity index (χ2v) is 15.3. The fourth-order valence-corrected chi connectivity index (χ4v) is 8.09. The zero-order chi connectivity index (χ0) is 35.2. The van der Waals surface area contributed by atoms with E-state index in [0.29, 0.717) is 56.8 Å². The first-order valence-electron chi connectivity index (χ1n) is 16.2. The molecule has 1 saturated heterocycles. The number of piperazine rings is 1. The number of amides is 2. The minimum absolute atomic E-state index is 0.171. The quantitative estimate of drug-likeness (QED) is 0.219. The van der Waals surface area contributed by atoms with Crippen LogP contribution in [0.4, 0.5) is 4.79 Å². The molecular formula is C36H45Cl3N4O3S2. The minimum atomic E-state index is -1.40. The normalized spacial score (nSPS) is 21.8. The number of halogens is 3. The minimum Gasteiger partial charge on any atom is -0.493 e. The van der Waals surface area contributed by atoms with Crippen molar-refractivity contribution in [1.82, 2.24) is 14.7 Å². The summed E-state index contributed by atoms with van der Waals surface area (Å²) in [5.41, 5.74) is 0.232. The topological polar surface area (TPSA) is 65.5 Å². The molecule has 2 aliphatic heterocycles. The van der Waals surface area contributed by atoms with Crippen LogP contribution < -0.4 is 4.74 Å². The Hall–Kier alpha value is -2.27. The lowest BCUT2D eigenvalue weighted by molar-refractivity contribution is 0.0881. The van der Waals surface area contributed by atoms with Crippen LogP contribution in [0.25, 0.3) is 0 Å². The zero-order valence-electron chi connectivity index (χ0n) is 28.7. The van der Waals surface area contributed by atoms with Crippen LogP contribution in [0.3, 0.4) is 0 Å². The summed E-state index contributed by atoms with van der Waals surface area (Å²) in [5.74, 6) is 1.92. The molecule has 3 atom stereocenters. The van der Waals surface area contributed by atoms with E-state index in [1.165, 1.54) is 0 Å². The number of rotatable bonds is 9. The Morgan fingerprint density at radius 3 is 2.02 bits per heavy atom. The summed E-state index contributed by atoms with van der Waals surface area (Å²) in [5, 5.41) is 1.51. The van der Waals surface area contributed by atoms with Crippen molar-refractivity contribution in [3.63, 3.8) is 0 Å².